The molecule has 2 aliphatic rings. The van der Waals surface area contributed by atoms with Crippen molar-refractivity contribution in [3.63, 3.8) is 0 Å². The van der Waals surface area contributed by atoms with Gasteiger partial charge in [-0.25, -0.2) is 4.98 Å². The largest absolute Gasteiger partial charge is 0.353 e. The molecule has 0 spiro atoms. The summed E-state index contributed by atoms with van der Waals surface area (Å²) in [6, 6.07) is 5.74. The summed E-state index contributed by atoms with van der Waals surface area (Å²) in [4.78, 5) is 38.3. The van der Waals surface area contributed by atoms with Crippen molar-refractivity contribution in [2.75, 3.05) is 31.1 Å². The molecule has 0 saturated carbocycles. The average Bonchev–Trinajstić information content (AvgIpc) is 3.00. The van der Waals surface area contributed by atoms with Crippen LogP contribution >= 0.6 is 0 Å². The van der Waals surface area contributed by atoms with E-state index in [9.17, 15) is 9.59 Å². The molecule has 1 atom stereocenters. The number of aryl methyl sites for hydroxylation is 2. The summed E-state index contributed by atoms with van der Waals surface area (Å²) in [6.07, 6.45) is 4.20. The Morgan fingerprint density at radius 3 is 2.40 bits per heavy atom. The SMILES string of the molecule is Cc1cnc(N2CCN(C(=O)c3ccc(C4CC(C)(C)NC4=O)nc3)CC2)c(C)c1. The second-order valence-corrected chi connectivity index (χ2v) is 9.03. The lowest BCUT2D eigenvalue weighted by Crippen LogP contribution is -2.49. The molecule has 4 rings (SSSR count). The summed E-state index contributed by atoms with van der Waals surface area (Å²) in [5.41, 5.74) is 3.38. The van der Waals surface area contributed by atoms with Crippen LogP contribution in [0.3, 0.4) is 0 Å². The molecule has 0 bridgehead atoms. The minimum absolute atomic E-state index is 0.00251. The Morgan fingerprint density at radius 2 is 1.83 bits per heavy atom. The third-order valence-electron chi connectivity index (χ3n) is 5.94. The predicted octanol–water partition coefficient (Wildman–Crippen LogP) is 2.44. The third kappa shape index (κ3) is 4.01. The summed E-state index contributed by atoms with van der Waals surface area (Å²) in [5.74, 6) is 0.732. The van der Waals surface area contributed by atoms with Crippen molar-refractivity contribution in [1.82, 2.24) is 20.2 Å². The first kappa shape index (κ1) is 20.3. The number of hydrogen-bond acceptors (Lipinski definition) is 5. The van der Waals surface area contributed by atoms with Crippen LogP contribution in [0.2, 0.25) is 0 Å². The first-order chi connectivity index (χ1) is 14.2. The van der Waals surface area contributed by atoms with E-state index in [0.717, 1.165) is 35.7 Å². The van der Waals surface area contributed by atoms with Gasteiger partial charge in [0.25, 0.3) is 5.91 Å². The highest BCUT2D eigenvalue weighted by molar-refractivity contribution is 5.94. The van der Waals surface area contributed by atoms with Gasteiger partial charge in [0.1, 0.15) is 5.82 Å². The van der Waals surface area contributed by atoms with E-state index in [1.807, 2.05) is 37.9 Å². The van der Waals surface area contributed by atoms with Gasteiger partial charge in [0, 0.05) is 44.1 Å². The standard InChI is InChI=1S/C23H29N5O2/c1-15-11-16(2)20(25-13-15)27-7-9-28(10-8-27)22(30)17-5-6-19(24-14-17)18-12-23(3,4)26-21(18)29/h5-6,11,13-14,18H,7-10,12H2,1-4H3,(H,26,29). The van der Waals surface area contributed by atoms with Crippen LogP contribution in [0.1, 0.15) is 53.4 Å². The van der Waals surface area contributed by atoms with Crippen molar-refractivity contribution < 1.29 is 9.59 Å². The molecule has 2 saturated heterocycles. The van der Waals surface area contributed by atoms with Crippen LogP contribution in [0.5, 0.6) is 0 Å². The molecule has 2 aliphatic heterocycles. The lowest BCUT2D eigenvalue weighted by atomic mass is 9.94. The third-order valence-corrected chi connectivity index (χ3v) is 5.94. The van der Waals surface area contributed by atoms with Crippen LogP contribution < -0.4 is 10.2 Å². The minimum Gasteiger partial charge on any atom is -0.353 e. The normalized spacial score (nSPS) is 20.9. The molecule has 4 heterocycles. The number of rotatable bonds is 3. The van der Waals surface area contributed by atoms with Gasteiger partial charge < -0.3 is 15.1 Å². The summed E-state index contributed by atoms with van der Waals surface area (Å²) in [5, 5.41) is 2.99. The maximum atomic E-state index is 12.9. The molecule has 2 fully saturated rings. The van der Waals surface area contributed by atoms with Crippen molar-refractivity contribution in [2.45, 2.75) is 45.6 Å². The molecule has 2 aromatic heterocycles. The van der Waals surface area contributed by atoms with E-state index in [2.05, 4.69) is 33.2 Å². The Balaban J connectivity index is 1.39. The number of anilines is 1. The van der Waals surface area contributed by atoms with Crippen molar-refractivity contribution in [3.8, 4) is 0 Å². The number of pyridine rings is 2. The summed E-state index contributed by atoms with van der Waals surface area (Å²) >= 11 is 0. The quantitative estimate of drug-likeness (QED) is 0.846. The smallest absolute Gasteiger partial charge is 0.255 e. The van der Waals surface area contributed by atoms with Crippen molar-refractivity contribution in [1.29, 1.82) is 0 Å². The van der Waals surface area contributed by atoms with Crippen molar-refractivity contribution in [2.24, 2.45) is 0 Å². The number of nitrogens with one attached hydrogen (secondary N) is 1. The lowest BCUT2D eigenvalue weighted by molar-refractivity contribution is -0.120. The van der Waals surface area contributed by atoms with Crippen LogP contribution in [0.25, 0.3) is 0 Å². The maximum absolute atomic E-state index is 12.9. The van der Waals surface area contributed by atoms with Gasteiger partial charge in [-0.2, -0.15) is 0 Å². The molecular formula is C23H29N5O2. The number of aromatic nitrogens is 2. The van der Waals surface area contributed by atoms with Gasteiger partial charge >= 0.3 is 0 Å². The molecule has 0 radical (unpaired) electrons. The monoisotopic (exact) mass is 407 g/mol. The molecule has 2 amide bonds. The van der Waals surface area contributed by atoms with E-state index >= 15 is 0 Å². The van der Waals surface area contributed by atoms with E-state index in [1.54, 1.807) is 12.3 Å². The highest BCUT2D eigenvalue weighted by atomic mass is 16.2. The number of carbonyl (C=O) groups is 2. The Kier molecular flexibility index (Phi) is 5.22. The molecule has 7 heteroatoms. The topological polar surface area (TPSA) is 78.4 Å². The molecule has 0 aliphatic carbocycles. The van der Waals surface area contributed by atoms with Gasteiger partial charge in [0.15, 0.2) is 0 Å². The van der Waals surface area contributed by atoms with Gasteiger partial charge in [-0.05, 0) is 57.4 Å². The van der Waals surface area contributed by atoms with E-state index < -0.39 is 0 Å². The van der Waals surface area contributed by atoms with Crippen LogP contribution in [0, 0.1) is 13.8 Å². The molecular weight excluding hydrogens is 378 g/mol. The first-order valence-corrected chi connectivity index (χ1v) is 10.5. The van der Waals surface area contributed by atoms with E-state index in [0.29, 0.717) is 25.1 Å². The molecule has 1 N–H and O–H groups in total. The second-order valence-electron chi connectivity index (χ2n) is 9.03. The summed E-state index contributed by atoms with van der Waals surface area (Å²) < 4.78 is 0. The Hall–Kier alpha value is -2.96. The summed E-state index contributed by atoms with van der Waals surface area (Å²) in [6.45, 7) is 10.9. The number of hydrogen-bond donors (Lipinski definition) is 1. The maximum Gasteiger partial charge on any atom is 0.255 e. The Morgan fingerprint density at radius 1 is 1.10 bits per heavy atom. The molecule has 2 aromatic rings. The second kappa shape index (κ2) is 7.70. The fourth-order valence-corrected chi connectivity index (χ4v) is 4.39. The van der Waals surface area contributed by atoms with Gasteiger partial charge in [0.05, 0.1) is 17.2 Å². The van der Waals surface area contributed by atoms with E-state index in [1.165, 1.54) is 0 Å². The van der Waals surface area contributed by atoms with Crippen LogP contribution in [0.4, 0.5) is 5.82 Å². The highest BCUT2D eigenvalue weighted by Gasteiger charge is 2.39. The number of amides is 2. The highest BCUT2D eigenvalue weighted by Crippen LogP contribution is 2.31. The fourth-order valence-electron chi connectivity index (χ4n) is 4.39. The van der Waals surface area contributed by atoms with Crippen LogP contribution in [-0.4, -0.2) is 58.4 Å². The van der Waals surface area contributed by atoms with Gasteiger partial charge in [-0.3, -0.25) is 14.6 Å². The zero-order valence-corrected chi connectivity index (χ0v) is 18.1. The van der Waals surface area contributed by atoms with Gasteiger partial charge in [0.2, 0.25) is 5.91 Å². The molecule has 7 nitrogen and oxygen atoms in total. The summed E-state index contributed by atoms with van der Waals surface area (Å²) in [7, 11) is 0. The molecule has 30 heavy (non-hydrogen) atoms. The lowest BCUT2D eigenvalue weighted by Gasteiger charge is -2.36. The average molecular weight is 408 g/mol. The predicted molar refractivity (Wildman–Crippen MR) is 116 cm³/mol. The van der Waals surface area contributed by atoms with Crippen LogP contribution in [-0.2, 0) is 4.79 Å². The van der Waals surface area contributed by atoms with Crippen molar-refractivity contribution >= 4 is 17.6 Å². The number of carbonyl (C=O) groups excluding carboxylic acids is 2. The van der Waals surface area contributed by atoms with Crippen LogP contribution in [0.15, 0.2) is 30.6 Å². The van der Waals surface area contributed by atoms with E-state index in [-0.39, 0.29) is 23.3 Å². The molecule has 1 unspecified atom stereocenters. The van der Waals surface area contributed by atoms with E-state index in [4.69, 9.17) is 0 Å². The van der Waals surface area contributed by atoms with Gasteiger partial charge in [-0.15, -0.1) is 0 Å². The fraction of sp³-hybridized carbons (Fsp3) is 0.478. The minimum atomic E-state index is -0.252. The first-order valence-electron chi connectivity index (χ1n) is 10.5. The van der Waals surface area contributed by atoms with Gasteiger partial charge in [-0.1, -0.05) is 6.07 Å². The molecule has 158 valence electrons. The zero-order chi connectivity index (χ0) is 21.5. The molecule has 0 aromatic carbocycles. The number of nitrogens with zero attached hydrogens (tertiary/aromatic N) is 4. The van der Waals surface area contributed by atoms with Crippen molar-refractivity contribution in [3.05, 3.63) is 53.0 Å². The Labute approximate surface area is 177 Å². The number of piperazine rings is 1. The zero-order valence-electron chi connectivity index (χ0n) is 18.1. The Bertz CT molecular complexity index is 962.